The number of rotatable bonds is 7. The number of guanidine groups is 1. The van der Waals surface area contributed by atoms with Crippen LogP contribution in [0.4, 0.5) is 0 Å². The van der Waals surface area contributed by atoms with Gasteiger partial charge in [0.25, 0.3) is 0 Å². The van der Waals surface area contributed by atoms with Crippen molar-refractivity contribution in [3.63, 3.8) is 0 Å². The fraction of sp³-hybridized carbons (Fsp3) is 0.944. The number of nitrogens with one attached hydrogen (secondary N) is 1. The zero-order valence-electron chi connectivity index (χ0n) is 15.4. The molecule has 0 bridgehead atoms. The summed E-state index contributed by atoms with van der Waals surface area (Å²) in [5.41, 5.74) is 0. The van der Waals surface area contributed by atoms with E-state index in [1.807, 2.05) is 7.05 Å². The Hall–Kier alpha value is -0.810. The fourth-order valence-electron chi connectivity index (χ4n) is 3.86. The van der Waals surface area contributed by atoms with E-state index in [2.05, 4.69) is 27.0 Å². The molecule has 2 fully saturated rings. The first kappa shape index (κ1) is 18.5. The van der Waals surface area contributed by atoms with Crippen LogP contribution in [0.1, 0.15) is 45.4 Å². The highest BCUT2D eigenvalue weighted by molar-refractivity contribution is 5.80. The molecular weight excluding hydrogens is 288 g/mol. The molecule has 0 radical (unpaired) electrons. The molecular formula is C18H36N4O. The number of methoxy groups -OCH3 is 1. The molecule has 2 atom stereocenters. The predicted molar refractivity (Wildman–Crippen MR) is 97.0 cm³/mol. The molecule has 2 unspecified atom stereocenters. The second kappa shape index (κ2) is 10.1. The summed E-state index contributed by atoms with van der Waals surface area (Å²) in [7, 11) is 3.68. The van der Waals surface area contributed by atoms with Crippen molar-refractivity contribution >= 4 is 5.96 Å². The molecule has 1 N–H and O–H groups in total. The lowest BCUT2D eigenvalue weighted by molar-refractivity contribution is 0.157. The lowest BCUT2D eigenvalue weighted by atomic mass is 10.0. The molecule has 2 saturated heterocycles. The minimum atomic E-state index is 0.652. The summed E-state index contributed by atoms with van der Waals surface area (Å²) in [5.74, 6) is 1.72. The lowest BCUT2D eigenvalue weighted by Gasteiger charge is -2.33. The van der Waals surface area contributed by atoms with E-state index in [9.17, 15) is 0 Å². The lowest BCUT2D eigenvalue weighted by Crippen LogP contribution is -2.41. The third-order valence-corrected chi connectivity index (χ3v) is 5.30. The van der Waals surface area contributed by atoms with Crippen molar-refractivity contribution in [2.24, 2.45) is 10.9 Å². The quantitative estimate of drug-likeness (QED) is 0.443. The number of hydrogen-bond donors (Lipinski definition) is 1. The van der Waals surface area contributed by atoms with Gasteiger partial charge in [-0.1, -0.05) is 6.42 Å². The van der Waals surface area contributed by atoms with Gasteiger partial charge in [0, 0.05) is 45.8 Å². The van der Waals surface area contributed by atoms with Crippen molar-refractivity contribution in [1.82, 2.24) is 15.1 Å². The number of nitrogens with zero attached hydrogens (tertiary/aromatic N) is 3. The first-order valence-corrected chi connectivity index (χ1v) is 9.43. The summed E-state index contributed by atoms with van der Waals surface area (Å²) in [5, 5.41) is 3.54. The van der Waals surface area contributed by atoms with E-state index in [0.717, 1.165) is 38.2 Å². The van der Waals surface area contributed by atoms with Crippen LogP contribution >= 0.6 is 0 Å². The van der Waals surface area contributed by atoms with E-state index < -0.39 is 0 Å². The molecule has 0 aliphatic carbocycles. The molecule has 134 valence electrons. The Labute approximate surface area is 142 Å². The summed E-state index contributed by atoms with van der Waals surface area (Å²) in [6, 6.07) is 0.784. The van der Waals surface area contributed by atoms with E-state index in [1.54, 1.807) is 7.11 Å². The van der Waals surface area contributed by atoms with Gasteiger partial charge in [-0.2, -0.15) is 0 Å². The van der Waals surface area contributed by atoms with Crippen molar-refractivity contribution in [2.75, 3.05) is 53.5 Å². The molecule has 5 nitrogen and oxygen atoms in total. The molecule has 2 heterocycles. The van der Waals surface area contributed by atoms with Crippen LogP contribution in [0.2, 0.25) is 0 Å². The SMILES string of the molecule is CN=C(NCCCCN1CCCCC1C)N1CCC(COC)C1. The van der Waals surface area contributed by atoms with Crippen molar-refractivity contribution in [3.05, 3.63) is 0 Å². The minimum Gasteiger partial charge on any atom is -0.384 e. The van der Waals surface area contributed by atoms with Crippen LogP contribution in [0.25, 0.3) is 0 Å². The maximum absolute atomic E-state index is 5.28. The summed E-state index contributed by atoms with van der Waals surface area (Å²) >= 11 is 0. The van der Waals surface area contributed by atoms with Crippen molar-refractivity contribution in [2.45, 2.75) is 51.5 Å². The van der Waals surface area contributed by atoms with E-state index in [-0.39, 0.29) is 0 Å². The Bertz CT molecular complexity index is 361. The van der Waals surface area contributed by atoms with Crippen LogP contribution in [0.3, 0.4) is 0 Å². The highest BCUT2D eigenvalue weighted by atomic mass is 16.5. The number of aliphatic imine (C=N–C) groups is 1. The first-order chi connectivity index (χ1) is 11.2. The number of ether oxygens (including phenoxy) is 1. The van der Waals surface area contributed by atoms with Crippen LogP contribution in [0.5, 0.6) is 0 Å². The van der Waals surface area contributed by atoms with E-state index >= 15 is 0 Å². The molecule has 0 amide bonds. The molecule has 0 aromatic rings. The Morgan fingerprint density at radius 2 is 2.09 bits per heavy atom. The van der Waals surface area contributed by atoms with Crippen LogP contribution in [-0.4, -0.2) is 75.3 Å². The van der Waals surface area contributed by atoms with Crippen LogP contribution in [-0.2, 0) is 4.74 Å². The van der Waals surface area contributed by atoms with Gasteiger partial charge in [0.15, 0.2) is 5.96 Å². The largest absolute Gasteiger partial charge is 0.384 e. The standard InChI is InChI=1S/C18H36N4O/c1-16-8-4-6-11-21(16)12-7-5-10-20-18(19-2)22-13-9-17(14-22)15-23-3/h16-17H,4-15H2,1-3H3,(H,19,20). The third-order valence-electron chi connectivity index (χ3n) is 5.30. The summed E-state index contributed by atoms with van der Waals surface area (Å²) < 4.78 is 5.28. The Morgan fingerprint density at radius 1 is 1.22 bits per heavy atom. The smallest absolute Gasteiger partial charge is 0.193 e. The average Bonchev–Trinajstić information content (AvgIpc) is 3.01. The predicted octanol–water partition coefficient (Wildman–Crippen LogP) is 2.18. The third kappa shape index (κ3) is 5.96. The molecule has 2 rings (SSSR count). The molecule has 5 heteroatoms. The molecule has 2 aliphatic heterocycles. The van der Waals surface area contributed by atoms with Crippen molar-refractivity contribution < 1.29 is 4.74 Å². The monoisotopic (exact) mass is 324 g/mol. The number of piperidine rings is 1. The van der Waals surface area contributed by atoms with Gasteiger partial charge in [0.1, 0.15) is 0 Å². The Kier molecular flexibility index (Phi) is 8.17. The van der Waals surface area contributed by atoms with Gasteiger partial charge in [0.2, 0.25) is 0 Å². The topological polar surface area (TPSA) is 40.1 Å². The van der Waals surface area contributed by atoms with E-state index in [4.69, 9.17) is 4.74 Å². The first-order valence-electron chi connectivity index (χ1n) is 9.43. The van der Waals surface area contributed by atoms with Crippen LogP contribution in [0.15, 0.2) is 4.99 Å². The van der Waals surface area contributed by atoms with E-state index in [1.165, 1.54) is 51.6 Å². The second-order valence-electron chi connectivity index (χ2n) is 7.12. The number of unbranched alkanes of at least 4 members (excludes halogenated alkanes) is 1. The Morgan fingerprint density at radius 3 is 2.83 bits per heavy atom. The molecule has 0 saturated carbocycles. The van der Waals surface area contributed by atoms with Gasteiger partial charge in [-0.3, -0.25) is 4.99 Å². The fourth-order valence-corrected chi connectivity index (χ4v) is 3.86. The van der Waals surface area contributed by atoms with Crippen molar-refractivity contribution in [3.8, 4) is 0 Å². The zero-order valence-corrected chi connectivity index (χ0v) is 15.4. The minimum absolute atomic E-state index is 0.652. The Balaban J connectivity index is 1.59. The molecule has 0 spiro atoms. The second-order valence-corrected chi connectivity index (χ2v) is 7.12. The summed E-state index contributed by atoms with van der Waals surface area (Å²) in [4.78, 5) is 9.48. The maximum atomic E-state index is 5.28. The van der Waals surface area contributed by atoms with Crippen molar-refractivity contribution in [1.29, 1.82) is 0 Å². The zero-order chi connectivity index (χ0) is 16.5. The highest BCUT2D eigenvalue weighted by Gasteiger charge is 2.24. The van der Waals surface area contributed by atoms with Gasteiger partial charge < -0.3 is 19.9 Å². The van der Waals surface area contributed by atoms with Gasteiger partial charge in [0.05, 0.1) is 6.61 Å². The van der Waals surface area contributed by atoms with Crippen LogP contribution < -0.4 is 5.32 Å². The average molecular weight is 325 g/mol. The molecule has 2 aliphatic rings. The summed E-state index contributed by atoms with van der Waals surface area (Å²) in [6.07, 6.45) is 7.88. The molecule has 23 heavy (non-hydrogen) atoms. The van der Waals surface area contributed by atoms with Gasteiger partial charge in [-0.15, -0.1) is 0 Å². The number of hydrogen-bond acceptors (Lipinski definition) is 3. The number of likely N-dealkylation sites (tertiary alicyclic amines) is 2. The molecule has 0 aromatic heterocycles. The van der Waals surface area contributed by atoms with Gasteiger partial charge in [-0.25, -0.2) is 0 Å². The maximum Gasteiger partial charge on any atom is 0.193 e. The normalized spacial score (nSPS) is 26.7. The molecule has 0 aromatic carbocycles. The van der Waals surface area contributed by atoms with Gasteiger partial charge in [-0.05, 0) is 52.1 Å². The van der Waals surface area contributed by atoms with Crippen LogP contribution in [0, 0.1) is 5.92 Å². The van der Waals surface area contributed by atoms with Gasteiger partial charge >= 0.3 is 0 Å². The van der Waals surface area contributed by atoms with E-state index in [0.29, 0.717) is 5.92 Å². The summed E-state index contributed by atoms with van der Waals surface area (Å²) in [6.45, 7) is 8.98. The highest BCUT2D eigenvalue weighted by Crippen LogP contribution is 2.17.